The second-order valence-electron chi connectivity index (χ2n) is 6.00. The van der Waals surface area contributed by atoms with E-state index in [2.05, 4.69) is 5.32 Å². The molecule has 0 aliphatic carbocycles. The summed E-state index contributed by atoms with van der Waals surface area (Å²) in [6.45, 7) is 0.857. The first-order valence-corrected chi connectivity index (χ1v) is 8.74. The molecule has 0 fully saturated rings. The van der Waals surface area contributed by atoms with Crippen molar-refractivity contribution in [2.24, 2.45) is 0 Å². The summed E-state index contributed by atoms with van der Waals surface area (Å²) in [5, 5.41) is 2.88. The van der Waals surface area contributed by atoms with E-state index in [9.17, 15) is 4.79 Å². The summed E-state index contributed by atoms with van der Waals surface area (Å²) in [6.07, 6.45) is 0.288. The molecule has 0 spiro atoms. The Morgan fingerprint density at radius 3 is 2.22 bits per heavy atom. The molecular formula is C22H22N2O3. The topological polar surface area (TPSA) is 73.6 Å². The quantitative estimate of drug-likeness (QED) is 0.471. The average Bonchev–Trinajstić information content (AvgIpc) is 2.68. The molecule has 3 rings (SSSR count). The number of benzene rings is 3. The summed E-state index contributed by atoms with van der Waals surface area (Å²) in [5.41, 5.74) is 7.94. The van der Waals surface area contributed by atoms with Crippen LogP contribution in [0, 0.1) is 0 Å². The van der Waals surface area contributed by atoms with Crippen LogP contribution in [-0.2, 0) is 11.2 Å². The summed E-state index contributed by atoms with van der Waals surface area (Å²) >= 11 is 0. The van der Waals surface area contributed by atoms with E-state index in [0.29, 0.717) is 30.3 Å². The predicted molar refractivity (Wildman–Crippen MR) is 107 cm³/mol. The smallest absolute Gasteiger partial charge is 0.228 e. The minimum Gasteiger partial charge on any atom is -0.490 e. The largest absolute Gasteiger partial charge is 0.490 e. The summed E-state index contributed by atoms with van der Waals surface area (Å²) in [4.78, 5) is 12.2. The number of nitrogen functional groups attached to an aromatic ring is 1. The first-order valence-electron chi connectivity index (χ1n) is 8.74. The van der Waals surface area contributed by atoms with Crippen LogP contribution in [0.15, 0.2) is 78.9 Å². The molecule has 0 radical (unpaired) electrons. The zero-order chi connectivity index (χ0) is 18.9. The van der Waals surface area contributed by atoms with E-state index in [4.69, 9.17) is 15.2 Å². The zero-order valence-electron chi connectivity index (χ0n) is 14.9. The molecule has 27 heavy (non-hydrogen) atoms. The highest BCUT2D eigenvalue weighted by Gasteiger charge is 2.05. The molecule has 3 aromatic carbocycles. The van der Waals surface area contributed by atoms with E-state index in [-0.39, 0.29) is 12.3 Å². The SMILES string of the molecule is Nc1ccc(CC(=O)Nc2cccc(OCCOc3ccccc3)c2)cc1. The van der Waals surface area contributed by atoms with Crippen molar-refractivity contribution in [1.29, 1.82) is 0 Å². The molecule has 0 bridgehead atoms. The Bertz CT molecular complexity index is 864. The van der Waals surface area contributed by atoms with Crippen molar-refractivity contribution >= 4 is 17.3 Å². The molecule has 0 aromatic heterocycles. The zero-order valence-corrected chi connectivity index (χ0v) is 14.9. The summed E-state index contributed by atoms with van der Waals surface area (Å²) < 4.78 is 11.3. The Hall–Kier alpha value is -3.47. The van der Waals surface area contributed by atoms with Gasteiger partial charge < -0.3 is 20.5 Å². The number of para-hydroxylation sites is 1. The van der Waals surface area contributed by atoms with E-state index in [1.807, 2.05) is 60.7 Å². The van der Waals surface area contributed by atoms with E-state index in [1.54, 1.807) is 18.2 Å². The number of carbonyl (C=O) groups excluding carboxylic acids is 1. The highest BCUT2D eigenvalue weighted by Crippen LogP contribution is 2.18. The average molecular weight is 362 g/mol. The second kappa shape index (κ2) is 9.29. The van der Waals surface area contributed by atoms with E-state index in [0.717, 1.165) is 11.3 Å². The standard InChI is InChI=1S/C22H22N2O3/c23-18-11-9-17(10-12-18)15-22(25)24-19-5-4-8-21(16-19)27-14-13-26-20-6-2-1-3-7-20/h1-12,16H,13-15,23H2,(H,24,25). The van der Waals surface area contributed by atoms with Crippen LogP contribution >= 0.6 is 0 Å². The van der Waals surface area contributed by atoms with Crippen molar-refractivity contribution in [1.82, 2.24) is 0 Å². The van der Waals surface area contributed by atoms with Gasteiger partial charge in [0, 0.05) is 17.4 Å². The Morgan fingerprint density at radius 1 is 0.815 bits per heavy atom. The minimum absolute atomic E-state index is 0.0932. The van der Waals surface area contributed by atoms with Crippen LogP contribution in [0.3, 0.4) is 0 Å². The fourth-order valence-corrected chi connectivity index (χ4v) is 2.53. The molecular weight excluding hydrogens is 340 g/mol. The molecule has 3 aromatic rings. The van der Waals surface area contributed by atoms with Crippen molar-refractivity contribution in [3.63, 3.8) is 0 Å². The van der Waals surface area contributed by atoms with Crippen LogP contribution < -0.4 is 20.5 Å². The third-order valence-corrected chi connectivity index (χ3v) is 3.83. The third-order valence-electron chi connectivity index (χ3n) is 3.83. The van der Waals surface area contributed by atoms with Crippen LogP contribution in [-0.4, -0.2) is 19.1 Å². The monoisotopic (exact) mass is 362 g/mol. The maximum atomic E-state index is 12.2. The molecule has 0 saturated heterocycles. The van der Waals surface area contributed by atoms with E-state index >= 15 is 0 Å². The van der Waals surface area contributed by atoms with Gasteiger partial charge in [-0.15, -0.1) is 0 Å². The second-order valence-corrected chi connectivity index (χ2v) is 6.00. The molecule has 3 N–H and O–H groups in total. The summed E-state index contributed by atoms with van der Waals surface area (Å²) in [5.74, 6) is 1.39. The number of nitrogens with one attached hydrogen (secondary N) is 1. The number of ether oxygens (including phenoxy) is 2. The lowest BCUT2D eigenvalue weighted by atomic mass is 10.1. The highest BCUT2D eigenvalue weighted by molar-refractivity contribution is 5.92. The number of nitrogens with two attached hydrogens (primary N) is 1. The highest BCUT2D eigenvalue weighted by atomic mass is 16.5. The van der Waals surface area contributed by atoms with Gasteiger partial charge in [-0.1, -0.05) is 36.4 Å². The molecule has 5 heteroatoms. The van der Waals surface area contributed by atoms with Crippen molar-refractivity contribution in [3.05, 3.63) is 84.4 Å². The van der Waals surface area contributed by atoms with Gasteiger partial charge in [0.15, 0.2) is 0 Å². The van der Waals surface area contributed by atoms with Crippen molar-refractivity contribution in [2.45, 2.75) is 6.42 Å². The Morgan fingerprint density at radius 2 is 1.48 bits per heavy atom. The number of hydrogen-bond donors (Lipinski definition) is 2. The lowest BCUT2D eigenvalue weighted by Gasteiger charge is -2.10. The summed E-state index contributed by atoms with van der Waals surface area (Å²) in [6, 6.07) is 24.2. The fourth-order valence-electron chi connectivity index (χ4n) is 2.53. The van der Waals surface area contributed by atoms with Crippen LogP contribution in [0.5, 0.6) is 11.5 Å². The normalized spacial score (nSPS) is 10.2. The van der Waals surface area contributed by atoms with Crippen LogP contribution in [0.4, 0.5) is 11.4 Å². The number of anilines is 2. The molecule has 0 aliphatic rings. The van der Waals surface area contributed by atoms with E-state index < -0.39 is 0 Å². The number of amides is 1. The van der Waals surface area contributed by atoms with Crippen LogP contribution in [0.2, 0.25) is 0 Å². The molecule has 5 nitrogen and oxygen atoms in total. The van der Waals surface area contributed by atoms with Crippen molar-refractivity contribution in [3.8, 4) is 11.5 Å². The number of rotatable bonds is 8. The molecule has 0 saturated carbocycles. The first kappa shape index (κ1) is 18.3. The Balaban J connectivity index is 1.46. The van der Waals surface area contributed by atoms with E-state index in [1.165, 1.54) is 0 Å². The number of carbonyl (C=O) groups is 1. The third kappa shape index (κ3) is 6.08. The van der Waals surface area contributed by atoms with Crippen molar-refractivity contribution in [2.75, 3.05) is 24.3 Å². The van der Waals surface area contributed by atoms with Gasteiger partial charge in [0.05, 0.1) is 6.42 Å². The van der Waals surface area contributed by atoms with Gasteiger partial charge in [0.1, 0.15) is 24.7 Å². The van der Waals surface area contributed by atoms with Crippen LogP contribution in [0.1, 0.15) is 5.56 Å². The lowest BCUT2D eigenvalue weighted by Crippen LogP contribution is -2.14. The molecule has 0 heterocycles. The molecule has 138 valence electrons. The van der Waals surface area contributed by atoms with Gasteiger partial charge in [-0.05, 0) is 42.0 Å². The molecule has 0 unspecified atom stereocenters. The Kier molecular flexibility index (Phi) is 6.30. The van der Waals surface area contributed by atoms with Gasteiger partial charge in [0.25, 0.3) is 0 Å². The molecule has 0 atom stereocenters. The van der Waals surface area contributed by atoms with Gasteiger partial charge in [-0.2, -0.15) is 0 Å². The minimum atomic E-state index is -0.0932. The Labute approximate surface area is 158 Å². The maximum absolute atomic E-state index is 12.2. The van der Waals surface area contributed by atoms with Crippen LogP contribution in [0.25, 0.3) is 0 Å². The number of hydrogen-bond acceptors (Lipinski definition) is 4. The summed E-state index contributed by atoms with van der Waals surface area (Å²) in [7, 11) is 0. The maximum Gasteiger partial charge on any atom is 0.228 e. The van der Waals surface area contributed by atoms with Gasteiger partial charge in [-0.25, -0.2) is 0 Å². The molecule has 1 amide bonds. The first-order chi connectivity index (χ1) is 13.2. The van der Waals surface area contributed by atoms with Crippen molar-refractivity contribution < 1.29 is 14.3 Å². The van der Waals surface area contributed by atoms with Gasteiger partial charge in [-0.3, -0.25) is 4.79 Å². The van der Waals surface area contributed by atoms with Gasteiger partial charge in [0.2, 0.25) is 5.91 Å². The predicted octanol–water partition coefficient (Wildman–Crippen LogP) is 3.91. The fraction of sp³-hybridized carbons (Fsp3) is 0.136. The van der Waals surface area contributed by atoms with Gasteiger partial charge >= 0.3 is 0 Å². The lowest BCUT2D eigenvalue weighted by molar-refractivity contribution is -0.115. The molecule has 0 aliphatic heterocycles.